The third kappa shape index (κ3) is 2.65. The van der Waals surface area contributed by atoms with E-state index in [-0.39, 0.29) is 23.6 Å². The van der Waals surface area contributed by atoms with Gasteiger partial charge in [-0.3, -0.25) is 0 Å². The molecule has 0 unspecified atom stereocenters. The second-order valence-corrected chi connectivity index (χ2v) is 4.76. The smallest absolute Gasteiger partial charge is 0.141 e. The van der Waals surface area contributed by atoms with Crippen LogP contribution in [-0.2, 0) is 4.74 Å². The molecule has 102 valence electrons. The van der Waals surface area contributed by atoms with Crippen LogP contribution in [0.2, 0.25) is 0 Å². The molecule has 0 radical (unpaired) electrons. The molecule has 2 heterocycles. The molecule has 2 aliphatic heterocycles. The molecule has 6 nitrogen and oxygen atoms in total. The molecule has 4 atom stereocenters. The standard InChI is InChI=1S/C10H20NO5.BrH/c12-6-7-9(14)10(15)8(13)5-11(7)1-3-16-4-2-11;/h7-10,12-15H,1-6H2;1H/q+1;/p-1/t7-,8-,9-,10-;/m1./s1. The minimum Gasteiger partial charge on any atom is -1.00 e. The van der Waals surface area contributed by atoms with E-state index in [0.29, 0.717) is 37.3 Å². The molecule has 2 fully saturated rings. The van der Waals surface area contributed by atoms with Crippen LogP contribution >= 0.6 is 0 Å². The fraction of sp³-hybridized carbons (Fsp3) is 1.00. The van der Waals surface area contributed by atoms with Crippen LogP contribution in [0.1, 0.15) is 0 Å². The van der Waals surface area contributed by atoms with Crippen LogP contribution in [0.4, 0.5) is 0 Å². The summed E-state index contributed by atoms with van der Waals surface area (Å²) in [4.78, 5) is 0. The molecule has 2 rings (SSSR count). The molecule has 2 aliphatic rings. The van der Waals surface area contributed by atoms with E-state index in [2.05, 4.69) is 0 Å². The van der Waals surface area contributed by atoms with Crippen LogP contribution in [0.15, 0.2) is 0 Å². The van der Waals surface area contributed by atoms with Crippen molar-refractivity contribution in [1.29, 1.82) is 0 Å². The molecule has 0 aliphatic carbocycles. The van der Waals surface area contributed by atoms with Crippen molar-refractivity contribution in [2.24, 2.45) is 0 Å². The summed E-state index contributed by atoms with van der Waals surface area (Å²) in [6.07, 6.45) is -3.17. The third-order valence-corrected chi connectivity index (χ3v) is 3.94. The lowest BCUT2D eigenvalue weighted by Gasteiger charge is -2.53. The Morgan fingerprint density at radius 3 is 2.18 bits per heavy atom. The van der Waals surface area contributed by atoms with Gasteiger partial charge < -0.3 is 46.6 Å². The summed E-state index contributed by atoms with van der Waals surface area (Å²) in [6, 6.07) is -0.428. The molecule has 4 N–H and O–H groups in total. The van der Waals surface area contributed by atoms with Gasteiger partial charge in [-0.2, -0.15) is 0 Å². The third-order valence-electron chi connectivity index (χ3n) is 3.94. The molecule has 17 heavy (non-hydrogen) atoms. The highest BCUT2D eigenvalue weighted by molar-refractivity contribution is 4.88. The highest BCUT2D eigenvalue weighted by atomic mass is 79.9. The Kier molecular flexibility index (Phi) is 5.33. The average molecular weight is 314 g/mol. The largest absolute Gasteiger partial charge is 1.00 e. The molecule has 0 saturated carbocycles. The van der Waals surface area contributed by atoms with E-state index < -0.39 is 24.4 Å². The molecule has 2 saturated heterocycles. The van der Waals surface area contributed by atoms with Gasteiger partial charge >= 0.3 is 0 Å². The van der Waals surface area contributed by atoms with Gasteiger partial charge in [0, 0.05) is 0 Å². The molecule has 0 aromatic rings. The molecular weight excluding hydrogens is 294 g/mol. The van der Waals surface area contributed by atoms with Crippen LogP contribution in [0.3, 0.4) is 0 Å². The Hall–Kier alpha value is 0.240. The summed E-state index contributed by atoms with van der Waals surface area (Å²) < 4.78 is 5.70. The molecular formula is C10H20BrNO5. The number of halogens is 1. The Bertz CT molecular complexity index is 249. The number of rotatable bonds is 1. The van der Waals surface area contributed by atoms with Crippen LogP contribution in [0.5, 0.6) is 0 Å². The number of hydrogen-bond donors (Lipinski definition) is 4. The Labute approximate surface area is 111 Å². The zero-order chi connectivity index (χ0) is 11.8. The first-order chi connectivity index (χ1) is 7.60. The highest BCUT2D eigenvalue weighted by Gasteiger charge is 2.52. The number of nitrogens with zero attached hydrogens (tertiary/aromatic N) is 1. The van der Waals surface area contributed by atoms with Gasteiger partial charge in [0.15, 0.2) is 0 Å². The molecule has 0 amide bonds. The zero-order valence-electron chi connectivity index (χ0n) is 9.57. The van der Waals surface area contributed by atoms with Gasteiger partial charge in [0.25, 0.3) is 0 Å². The number of quaternary nitrogens is 1. The number of aliphatic hydroxyl groups excluding tert-OH is 4. The first kappa shape index (κ1) is 15.3. The van der Waals surface area contributed by atoms with Crippen molar-refractivity contribution in [1.82, 2.24) is 0 Å². The lowest BCUT2D eigenvalue weighted by atomic mass is 9.90. The van der Waals surface area contributed by atoms with E-state index in [1.54, 1.807) is 0 Å². The first-order valence-electron chi connectivity index (χ1n) is 5.69. The Morgan fingerprint density at radius 2 is 1.65 bits per heavy atom. The summed E-state index contributed by atoms with van der Waals surface area (Å²) in [5.74, 6) is 0. The van der Waals surface area contributed by atoms with E-state index in [0.717, 1.165) is 0 Å². The van der Waals surface area contributed by atoms with Crippen molar-refractivity contribution in [3.05, 3.63) is 0 Å². The van der Waals surface area contributed by atoms with Gasteiger partial charge in [0.05, 0.1) is 19.8 Å². The van der Waals surface area contributed by atoms with Crippen molar-refractivity contribution in [2.45, 2.75) is 24.4 Å². The van der Waals surface area contributed by atoms with Gasteiger partial charge in [0.2, 0.25) is 0 Å². The summed E-state index contributed by atoms with van der Waals surface area (Å²) >= 11 is 0. The van der Waals surface area contributed by atoms with Crippen molar-refractivity contribution >= 4 is 0 Å². The Balaban J connectivity index is 0.00000144. The quantitative estimate of drug-likeness (QED) is 0.362. The van der Waals surface area contributed by atoms with Crippen molar-refractivity contribution in [2.75, 3.05) is 39.5 Å². The first-order valence-corrected chi connectivity index (χ1v) is 5.69. The van der Waals surface area contributed by atoms with Crippen molar-refractivity contribution in [3.63, 3.8) is 0 Å². The van der Waals surface area contributed by atoms with E-state index in [9.17, 15) is 20.4 Å². The van der Waals surface area contributed by atoms with E-state index in [1.165, 1.54) is 0 Å². The number of morpholine rings is 1. The molecule has 0 bridgehead atoms. The molecule has 0 aromatic heterocycles. The van der Waals surface area contributed by atoms with Crippen LogP contribution in [-0.4, -0.2) is 88.7 Å². The maximum absolute atomic E-state index is 9.90. The minimum atomic E-state index is -1.16. The van der Waals surface area contributed by atoms with Crippen LogP contribution < -0.4 is 17.0 Å². The normalized spacial score (nSPS) is 40.9. The van der Waals surface area contributed by atoms with Gasteiger partial charge in [-0.15, -0.1) is 0 Å². The lowest BCUT2D eigenvalue weighted by Crippen LogP contribution is -3.00. The summed E-state index contributed by atoms with van der Waals surface area (Å²) in [5, 5.41) is 38.6. The SMILES string of the molecule is OC[C@@H]1[C@@H](O)[C@H](O)[C@H](O)C[N+]12CCOCC2.[Br-]. The minimum absolute atomic E-state index is 0. The second-order valence-electron chi connectivity index (χ2n) is 4.76. The van der Waals surface area contributed by atoms with Gasteiger partial charge in [-0.05, 0) is 0 Å². The van der Waals surface area contributed by atoms with Gasteiger partial charge in [-0.1, -0.05) is 0 Å². The summed E-state index contributed by atoms with van der Waals surface area (Å²) in [6.45, 7) is 2.62. The number of piperidine rings is 1. The maximum Gasteiger partial charge on any atom is 0.141 e. The highest BCUT2D eigenvalue weighted by Crippen LogP contribution is 2.28. The molecule has 1 spiro atoms. The topological polar surface area (TPSA) is 90.2 Å². The fourth-order valence-corrected chi connectivity index (χ4v) is 2.90. The predicted molar refractivity (Wildman–Crippen MR) is 54.6 cm³/mol. The number of aliphatic hydroxyl groups is 4. The fourth-order valence-electron chi connectivity index (χ4n) is 2.90. The Morgan fingerprint density at radius 1 is 1.06 bits per heavy atom. The van der Waals surface area contributed by atoms with E-state index >= 15 is 0 Å². The molecule has 0 aromatic carbocycles. The molecule has 7 heteroatoms. The number of hydrogen-bond acceptors (Lipinski definition) is 5. The zero-order valence-corrected chi connectivity index (χ0v) is 11.2. The van der Waals surface area contributed by atoms with Gasteiger partial charge in [-0.25, -0.2) is 0 Å². The monoisotopic (exact) mass is 313 g/mol. The van der Waals surface area contributed by atoms with Crippen molar-refractivity contribution in [3.8, 4) is 0 Å². The van der Waals surface area contributed by atoms with E-state index in [1.807, 2.05) is 0 Å². The maximum atomic E-state index is 9.90. The predicted octanol–water partition coefficient (Wildman–Crippen LogP) is -5.71. The second kappa shape index (κ2) is 5.92. The number of ether oxygens (including phenoxy) is 1. The van der Waals surface area contributed by atoms with Crippen molar-refractivity contribution < 1.29 is 46.6 Å². The average Bonchev–Trinajstić information content (AvgIpc) is 2.28. The van der Waals surface area contributed by atoms with Crippen LogP contribution in [0.25, 0.3) is 0 Å². The van der Waals surface area contributed by atoms with Crippen LogP contribution in [0, 0.1) is 0 Å². The summed E-state index contributed by atoms with van der Waals surface area (Å²) in [5.41, 5.74) is 0. The van der Waals surface area contributed by atoms with E-state index in [4.69, 9.17) is 4.74 Å². The van der Waals surface area contributed by atoms with Gasteiger partial charge in [0.1, 0.15) is 44.0 Å². The lowest BCUT2D eigenvalue weighted by molar-refractivity contribution is -0.969. The summed E-state index contributed by atoms with van der Waals surface area (Å²) in [7, 11) is 0.